The van der Waals surface area contributed by atoms with Crippen LogP contribution in [0.15, 0.2) is 51.8 Å². The summed E-state index contributed by atoms with van der Waals surface area (Å²) in [6, 6.07) is 11.8. The third-order valence-corrected chi connectivity index (χ3v) is 5.89. The van der Waals surface area contributed by atoms with Gasteiger partial charge < -0.3 is 4.90 Å². The maximum Gasteiger partial charge on any atom is 0.261 e. The molecule has 0 fully saturated rings. The van der Waals surface area contributed by atoms with E-state index in [-0.39, 0.29) is 10.8 Å². The van der Waals surface area contributed by atoms with Gasteiger partial charge >= 0.3 is 0 Å². The Labute approximate surface area is 149 Å². The van der Waals surface area contributed by atoms with Crippen LogP contribution in [0.1, 0.15) is 18.9 Å². The number of aryl methyl sites for hydroxylation is 1. The molecule has 1 aliphatic rings. The smallest absolute Gasteiger partial charge is 0.261 e. The van der Waals surface area contributed by atoms with Gasteiger partial charge in [0.2, 0.25) is 5.91 Å². The van der Waals surface area contributed by atoms with Crippen molar-refractivity contribution in [1.82, 2.24) is 0 Å². The predicted octanol–water partition coefficient (Wildman–Crippen LogP) is 3.55. The van der Waals surface area contributed by atoms with Crippen LogP contribution in [0.25, 0.3) is 0 Å². The number of benzene rings is 2. The normalized spacial score (nSPS) is 14.2. The van der Waals surface area contributed by atoms with Crippen molar-refractivity contribution < 1.29 is 13.2 Å². The molecular weight excluding hydrogens is 392 g/mol. The highest BCUT2D eigenvalue weighted by atomic mass is 79.9. The second-order valence-corrected chi connectivity index (χ2v) is 8.28. The third kappa shape index (κ3) is 3.47. The van der Waals surface area contributed by atoms with Gasteiger partial charge in [0.05, 0.1) is 10.6 Å². The quantitative estimate of drug-likeness (QED) is 0.843. The molecule has 0 spiro atoms. The zero-order valence-electron chi connectivity index (χ0n) is 13.1. The molecule has 126 valence electrons. The highest BCUT2D eigenvalue weighted by Gasteiger charge is 2.21. The molecule has 2 aromatic rings. The first-order chi connectivity index (χ1) is 11.4. The van der Waals surface area contributed by atoms with Crippen molar-refractivity contribution in [3.05, 3.63) is 52.5 Å². The van der Waals surface area contributed by atoms with Crippen molar-refractivity contribution in [3.63, 3.8) is 0 Å². The molecule has 7 heteroatoms. The molecule has 0 radical (unpaired) electrons. The maximum atomic E-state index is 12.5. The van der Waals surface area contributed by atoms with E-state index in [4.69, 9.17) is 0 Å². The average molecular weight is 409 g/mol. The topological polar surface area (TPSA) is 66.5 Å². The highest BCUT2D eigenvalue weighted by molar-refractivity contribution is 9.10. The van der Waals surface area contributed by atoms with Gasteiger partial charge in [-0.25, -0.2) is 8.42 Å². The Morgan fingerprint density at radius 1 is 1.17 bits per heavy atom. The summed E-state index contributed by atoms with van der Waals surface area (Å²) >= 11 is 3.29. The van der Waals surface area contributed by atoms with E-state index in [1.54, 1.807) is 29.2 Å². The summed E-state index contributed by atoms with van der Waals surface area (Å²) in [5.74, 6) is -0.0381. The maximum absolute atomic E-state index is 12.5. The first-order valence-corrected chi connectivity index (χ1v) is 9.84. The van der Waals surface area contributed by atoms with E-state index >= 15 is 0 Å². The van der Waals surface area contributed by atoms with Gasteiger partial charge in [0.1, 0.15) is 0 Å². The van der Waals surface area contributed by atoms with E-state index in [9.17, 15) is 13.2 Å². The Hall–Kier alpha value is -1.86. The van der Waals surface area contributed by atoms with Crippen LogP contribution in [0.2, 0.25) is 0 Å². The Morgan fingerprint density at radius 2 is 1.88 bits per heavy atom. The van der Waals surface area contributed by atoms with Crippen LogP contribution in [-0.2, 0) is 21.2 Å². The number of carbonyl (C=O) groups excluding carboxylic acids is 1. The first-order valence-electron chi connectivity index (χ1n) is 7.56. The molecule has 1 aliphatic heterocycles. The molecule has 0 aliphatic carbocycles. The molecule has 0 unspecified atom stereocenters. The zero-order valence-corrected chi connectivity index (χ0v) is 15.5. The number of hydrogen-bond acceptors (Lipinski definition) is 3. The number of nitrogens with one attached hydrogen (secondary N) is 1. The van der Waals surface area contributed by atoms with E-state index in [1.165, 1.54) is 19.1 Å². The molecule has 0 atom stereocenters. The van der Waals surface area contributed by atoms with Crippen molar-refractivity contribution >= 4 is 43.2 Å². The molecular formula is C17H17BrN2O3S. The largest absolute Gasteiger partial charge is 0.312 e. The molecule has 0 aromatic heterocycles. The van der Waals surface area contributed by atoms with Crippen LogP contribution < -0.4 is 9.62 Å². The molecule has 1 amide bonds. The van der Waals surface area contributed by atoms with Crippen molar-refractivity contribution in [2.24, 2.45) is 0 Å². The number of anilines is 2. The van der Waals surface area contributed by atoms with Crippen molar-refractivity contribution in [2.75, 3.05) is 16.2 Å². The fourth-order valence-electron chi connectivity index (χ4n) is 2.79. The molecule has 2 aromatic carbocycles. The van der Waals surface area contributed by atoms with Gasteiger partial charge in [0, 0.05) is 23.6 Å². The van der Waals surface area contributed by atoms with Gasteiger partial charge in [-0.2, -0.15) is 0 Å². The van der Waals surface area contributed by atoms with Gasteiger partial charge in [-0.1, -0.05) is 22.0 Å². The lowest BCUT2D eigenvalue weighted by Gasteiger charge is -2.29. The van der Waals surface area contributed by atoms with Gasteiger partial charge in [-0.3, -0.25) is 9.52 Å². The Kier molecular flexibility index (Phi) is 4.64. The molecule has 5 nitrogen and oxygen atoms in total. The van der Waals surface area contributed by atoms with Crippen LogP contribution in [0.3, 0.4) is 0 Å². The Bertz CT molecular complexity index is 879. The molecule has 1 heterocycles. The number of sulfonamides is 1. The Morgan fingerprint density at radius 3 is 2.54 bits per heavy atom. The number of halogens is 1. The summed E-state index contributed by atoms with van der Waals surface area (Å²) in [5.41, 5.74) is 2.29. The van der Waals surface area contributed by atoms with E-state index < -0.39 is 10.0 Å². The van der Waals surface area contributed by atoms with Crippen LogP contribution in [0.4, 0.5) is 11.4 Å². The Balaban J connectivity index is 1.92. The predicted molar refractivity (Wildman–Crippen MR) is 97.7 cm³/mol. The summed E-state index contributed by atoms with van der Waals surface area (Å²) in [6.45, 7) is 2.18. The molecule has 3 rings (SSSR count). The number of carbonyl (C=O) groups is 1. The minimum atomic E-state index is -3.67. The van der Waals surface area contributed by atoms with Gasteiger partial charge in [0.15, 0.2) is 0 Å². The summed E-state index contributed by atoms with van der Waals surface area (Å²) < 4.78 is 28.4. The van der Waals surface area contributed by atoms with Crippen molar-refractivity contribution in [2.45, 2.75) is 24.7 Å². The minimum Gasteiger partial charge on any atom is -0.312 e. The van der Waals surface area contributed by atoms with Crippen LogP contribution in [-0.4, -0.2) is 20.9 Å². The summed E-state index contributed by atoms with van der Waals surface area (Å²) in [5, 5.41) is 0. The number of rotatable bonds is 3. The lowest BCUT2D eigenvalue weighted by molar-refractivity contribution is -0.116. The average Bonchev–Trinajstić information content (AvgIpc) is 2.54. The summed E-state index contributed by atoms with van der Waals surface area (Å²) in [7, 11) is -3.67. The first kappa shape index (κ1) is 17.0. The van der Waals surface area contributed by atoms with Gasteiger partial charge in [-0.05, 0) is 54.8 Å². The molecule has 0 bridgehead atoms. The van der Waals surface area contributed by atoms with Crippen LogP contribution in [0.5, 0.6) is 0 Å². The molecule has 24 heavy (non-hydrogen) atoms. The fraction of sp³-hybridized carbons (Fsp3) is 0.235. The van der Waals surface area contributed by atoms with E-state index in [1.807, 2.05) is 6.07 Å². The number of hydrogen-bond donors (Lipinski definition) is 1. The lowest BCUT2D eigenvalue weighted by atomic mass is 10.0. The SMILES string of the molecule is CC(=O)N1CCCc2ccc(NS(=O)(=O)c3ccc(Br)cc3)cc21. The van der Waals surface area contributed by atoms with Gasteiger partial charge in [0.25, 0.3) is 10.0 Å². The number of nitrogens with zero attached hydrogens (tertiary/aromatic N) is 1. The minimum absolute atomic E-state index is 0.0381. The highest BCUT2D eigenvalue weighted by Crippen LogP contribution is 2.31. The number of fused-ring (bicyclic) bond motifs is 1. The molecule has 0 saturated heterocycles. The van der Waals surface area contributed by atoms with Crippen molar-refractivity contribution in [3.8, 4) is 0 Å². The lowest BCUT2D eigenvalue weighted by Crippen LogP contribution is -2.33. The number of amides is 1. The van der Waals surface area contributed by atoms with Crippen LogP contribution >= 0.6 is 15.9 Å². The molecule has 1 N–H and O–H groups in total. The van der Waals surface area contributed by atoms with Crippen LogP contribution in [0, 0.1) is 0 Å². The van der Waals surface area contributed by atoms with Crippen molar-refractivity contribution in [1.29, 1.82) is 0 Å². The summed E-state index contributed by atoms with van der Waals surface area (Å²) in [4.78, 5) is 13.7. The second-order valence-electron chi connectivity index (χ2n) is 5.68. The monoisotopic (exact) mass is 408 g/mol. The second kappa shape index (κ2) is 6.57. The van der Waals surface area contributed by atoms with E-state index in [2.05, 4.69) is 20.7 Å². The van der Waals surface area contributed by atoms with E-state index in [0.29, 0.717) is 12.2 Å². The fourth-order valence-corrected chi connectivity index (χ4v) is 4.11. The molecule has 0 saturated carbocycles. The third-order valence-electron chi connectivity index (χ3n) is 3.96. The summed E-state index contributed by atoms with van der Waals surface area (Å²) in [6.07, 6.45) is 1.80. The zero-order chi connectivity index (χ0) is 17.3. The van der Waals surface area contributed by atoms with Gasteiger partial charge in [-0.15, -0.1) is 0 Å². The standard InChI is InChI=1S/C17H17BrN2O3S/c1-12(21)20-10-2-3-13-4-7-15(11-17(13)20)19-24(22,23)16-8-5-14(18)6-9-16/h4-9,11,19H,2-3,10H2,1H3. The van der Waals surface area contributed by atoms with E-state index in [0.717, 1.165) is 28.6 Å².